The molecule has 0 spiro atoms. The number of hydrogen-bond donors (Lipinski definition) is 0. The highest BCUT2D eigenvalue weighted by molar-refractivity contribution is 5.94. The maximum Gasteiger partial charge on any atom is 0.254 e. The third-order valence-corrected chi connectivity index (χ3v) is 7.42. The molecule has 0 radical (unpaired) electrons. The van der Waals surface area contributed by atoms with Gasteiger partial charge in [-0.05, 0) is 49.1 Å². The molecule has 3 fully saturated rings. The van der Waals surface area contributed by atoms with Crippen molar-refractivity contribution < 1.29 is 9.59 Å². The van der Waals surface area contributed by atoms with Crippen molar-refractivity contribution >= 4 is 11.8 Å². The lowest BCUT2D eigenvalue weighted by atomic mass is 9.70. The molecule has 3 saturated heterocycles. The Hall–Kier alpha value is -2.89. The molecule has 162 valence electrons. The Bertz CT molecular complexity index is 1050. The van der Waals surface area contributed by atoms with E-state index in [-0.39, 0.29) is 35.4 Å². The number of pyridine rings is 1. The number of hydrogen-bond acceptors (Lipinski definition) is 3. The smallest absolute Gasteiger partial charge is 0.254 e. The fourth-order valence-corrected chi connectivity index (χ4v) is 5.92. The third kappa shape index (κ3) is 3.68. The van der Waals surface area contributed by atoms with Crippen LogP contribution >= 0.6 is 0 Å². The van der Waals surface area contributed by atoms with Crippen LogP contribution in [0.4, 0.5) is 0 Å². The van der Waals surface area contributed by atoms with Crippen LogP contribution in [-0.2, 0) is 18.3 Å². The lowest BCUT2D eigenvalue weighted by molar-refractivity contribution is -0.151. The molecular formula is C25H29N3O3. The van der Waals surface area contributed by atoms with Gasteiger partial charge in [0.05, 0.1) is 0 Å². The lowest BCUT2D eigenvalue weighted by Crippen LogP contribution is -2.66. The SMILES string of the molecule is Cn1ccc(C(=O)N2C[C@H]3C[C@@H](C2)[C@H](Cc2ccccc2)N2C(=O)CCC[C@@H]32)cc1=O. The summed E-state index contributed by atoms with van der Waals surface area (Å²) in [6.07, 6.45) is 6.13. The first kappa shape index (κ1) is 20.0. The van der Waals surface area contributed by atoms with Crippen LogP contribution in [-0.4, -0.2) is 51.4 Å². The van der Waals surface area contributed by atoms with Gasteiger partial charge in [0.25, 0.3) is 11.5 Å². The Kier molecular flexibility index (Phi) is 5.16. The zero-order valence-electron chi connectivity index (χ0n) is 17.9. The predicted molar refractivity (Wildman–Crippen MR) is 118 cm³/mol. The van der Waals surface area contributed by atoms with Crippen LogP contribution in [0.2, 0.25) is 0 Å². The second-order valence-electron chi connectivity index (χ2n) is 9.35. The van der Waals surface area contributed by atoms with Crippen LogP contribution in [0.1, 0.15) is 41.6 Å². The van der Waals surface area contributed by atoms with E-state index in [0.717, 1.165) is 25.7 Å². The summed E-state index contributed by atoms with van der Waals surface area (Å²) in [5.74, 6) is 0.776. The molecule has 2 amide bonds. The van der Waals surface area contributed by atoms with E-state index in [1.54, 1.807) is 19.3 Å². The van der Waals surface area contributed by atoms with Crippen molar-refractivity contribution in [2.45, 2.75) is 44.2 Å². The molecule has 3 aliphatic heterocycles. The molecule has 4 heterocycles. The summed E-state index contributed by atoms with van der Waals surface area (Å²) >= 11 is 0. The van der Waals surface area contributed by atoms with E-state index in [1.807, 2.05) is 23.1 Å². The minimum Gasteiger partial charge on any atom is -0.338 e. The highest BCUT2D eigenvalue weighted by Crippen LogP contribution is 2.42. The van der Waals surface area contributed by atoms with E-state index in [2.05, 4.69) is 17.0 Å². The number of carbonyl (C=O) groups is 2. The molecule has 5 rings (SSSR count). The molecule has 3 aliphatic rings. The van der Waals surface area contributed by atoms with Gasteiger partial charge in [-0.25, -0.2) is 0 Å². The van der Waals surface area contributed by atoms with Crippen molar-refractivity contribution in [2.24, 2.45) is 18.9 Å². The summed E-state index contributed by atoms with van der Waals surface area (Å²) in [4.78, 5) is 42.4. The van der Waals surface area contributed by atoms with Gasteiger partial charge < -0.3 is 14.4 Å². The zero-order valence-corrected chi connectivity index (χ0v) is 17.9. The van der Waals surface area contributed by atoms with Crippen LogP contribution in [0.5, 0.6) is 0 Å². The highest BCUT2D eigenvalue weighted by Gasteiger charge is 2.49. The average Bonchev–Trinajstić information content (AvgIpc) is 2.78. The second kappa shape index (κ2) is 7.98. The van der Waals surface area contributed by atoms with Gasteiger partial charge in [0.2, 0.25) is 5.91 Å². The summed E-state index contributed by atoms with van der Waals surface area (Å²) in [5, 5.41) is 0. The number of aryl methyl sites for hydroxylation is 1. The van der Waals surface area contributed by atoms with E-state index >= 15 is 0 Å². The summed E-state index contributed by atoms with van der Waals surface area (Å²) in [6.45, 7) is 1.30. The lowest BCUT2D eigenvalue weighted by Gasteiger charge is -2.56. The van der Waals surface area contributed by atoms with Crippen molar-refractivity contribution in [2.75, 3.05) is 13.1 Å². The van der Waals surface area contributed by atoms with Crippen molar-refractivity contribution in [3.8, 4) is 0 Å². The number of amides is 2. The van der Waals surface area contributed by atoms with Crippen LogP contribution < -0.4 is 5.56 Å². The van der Waals surface area contributed by atoms with Gasteiger partial charge in [-0.3, -0.25) is 14.4 Å². The van der Waals surface area contributed by atoms with Gasteiger partial charge in [-0.2, -0.15) is 0 Å². The number of rotatable bonds is 3. The zero-order chi connectivity index (χ0) is 21.5. The number of benzene rings is 1. The summed E-state index contributed by atoms with van der Waals surface area (Å²) < 4.78 is 1.48. The van der Waals surface area contributed by atoms with Crippen molar-refractivity contribution in [3.05, 3.63) is 70.1 Å². The maximum absolute atomic E-state index is 13.3. The molecule has 6 nitrogen and oxygen atoms in total. The fourth-order valence-electron chi connectivity index (χ4n) is 5.92. The van der Waals surface area contributed by atoms with Crippen LogP contribution in [0.15, 0.2) is 53.5 Å². The molecule has 0 aliphatic carbocycles. The van der Waals surface area contributed by atoms with E-state index in [4.69, 9.17) is 0 Å². The van der Waals surface area contributed by atoms with Gasteiger partial charge in [-0.15, -0.1) is 0 Å². The number of aromatic nitrogens is 1. The number of fused-ring (bicyclic) bond motifs is 4. The van der Waals surface area contributed by atoms with Gasteiger partial charge in [0.1, 0.15) is 0 Å². The first-order valence-electron chi connectivity index (χ1n) is 11.3. The van der Waals surface area contributed by atoms with Gasteiger partial charge in [-0.1, -0.05) is 30.3 Å². The molecule has 1 aromatic carbocycles. The molecule has 0 N–H and O–H groups in total. The standard InChI is InChI=1S/C25H29N3O3/c1-26-11-10-18(14-24(26)30)25(31)27-15-19-13-20(16-27)22(12-17-6-3-2-4-7-17)28-21(19)8-5-9-23(28)29/h2-4,6-7,10-11,14,19-22H,5,8-9,12-13,15-16H2,1H3/t19-,20+,21+,22+/m1/s1. The van der Waals surface area contributed by atoms with Gasteiger partial charge in [0.15, 0.2) is 0 Å². The molecule has 2 aromatic rings. The summed E-state index contributed by atoms with van der Waals surface area (Å²) in [5.41, 5.74) is 1.52. The maximum atomic E-state index is 13.3. The molecule has 31 heavy (non-hydrogen) atoms. The first-order chi connectivity index (χ1) is 15.0. The van der Waals surface area contributed by atoms with Crippen LogP contribution in [0.25, 0.3) is 0 Å². The first-order valence-corrected chi connectivity index (χ1v) is 11.3. The minimum absolute atomic E-state index is 0.0681. The molecule has 0 unspecified atom stereocenters. The quantitative estimate of drug-likeness (QED) is 0.768. The summed E-state index contributed by atoms with van der Waals surface area (Å²) in [7, 11) is 1.69. The Labute approximate surface area is 182 Å². The van der Waals surface area contributed by atoms with E-state index in [0.29, 0.717) is 31.0 Å². The molecular weight excluding hydrogens is 390 g/mol. The van der Waals surface area contributed by atoms with E-state index in [9.17, 15) is 14.4 Å². The Morgan fingerprint density at radius 2 is 1.84 bits per heavy atom. The monoisotopic (exact) mass is 419 g/mol. The predicted octanol–water partition coefficient (Wildman–Crippen LogP) is 2.47. The van der Waals surface area contributed by atoms with E-state index in [1.165, 1.54) is 16.2 Å². The molecule has 1 aromatic heterocycles. The number of carbonyl (C=O) groups excluding carboxylic acids is 2. The Balaban J connectivity index is 1.44. The van der Waals surface area contributed by atoms with Crippen LogP contribution in [0, 0.1) is 11.8 Å². The van der Waals surface area contributed by atoms with Crippen LogP contribution in [0.3, 0.4) is 0 Å². The largest absolute Gasteiger partial charge is 0.338 e. The number of likely N-dealkylation sites (tertiary alicyclic amines) is 1. The highest BCUT2D eigenvalue weighted by atomic mass is 16.2. The third-order valence-electron chi connectivity index (χ3n) is 7.42. The molecule has 6 heteroatoms. The van der Waals surface area contributed by atoms with Crippen molar-refractivity contribution in [1.82, 2.24) is 14.4 Å². The Morgan fingerprint density at radius 1 is 1.06 bits per heavy atom. The van der Waals surface area contributed by atoms with Gasteiger partial charge in [0, 0.05) is 56.5 Å². The fraction of sp³-hybridized carbons (Fsp3) is 0.480. The van der Waals surface area contributed by atoms with Crippen molar-refractivity contribution in [1.29, 1.82) is 0 Å². The topological polar surface area (TPSA) is 62.6 Å². The normalized spacial score (nSPS) is 27.7. The van der Waals surface area contributed by atoms with Crippen molar-refractivity contribution in [3.63, 3.8) is 0 Å². The second-order valence-corrected chi connectivity index (χ2v) is 9.35. The van der Waals surface area contributed by atoms with E-state index < -0.39 is 0 Å². The molecule has 2 bridgehead atoms. The number of piperidine rings is 3. The van der Waals surface area contributed by atoms with Gasteiger partial charge >= 0.3 is 0 Å². The average molecular weight is 420 g/mol. The minimum atomic E-state index is -0.172. The summed E-state index contributed by atoms with van der Waals surface area (Å²) in [6, 6.07) is 13.9. The molecule has 0 saturated carbocycles. The Morgan fingerprint density at radius 3 is 2.61 bits per heavy atom. The number of nitrogens with zero attached hydrogens (tertiary/aromatic N) is 3. The molecule has 4 atom stereocenters.